The molecule has 1 aliphatic rings. The van der Waals surface area contributed by atoms with Gasteiger partial charge in [-0.3, -0.25) is 0 Å². The van der Waals surface area contributed by atoms with Gasteiger partial charge in [-0.1, -0.05) is 47.0 Å². The van der Waals surface area contributed by atoms with Crippen molar-refractivity contribution in [1.29, 1.82) is 0 Å². The van der Waals surface area contributed by atoms with Gasteiger partial charge >= 0.3 is 0 Å². The van der Waals surface area contributed by atoms with Crippen LogP contribution in [-0.2, 0) is 14.2 Å². The molecule has 0 aromatic rings. The summed E-state index contributed by atoms with van der Waals surface area (Å²) in [6, 6.07) is 0. The Balaban J connectivity index is 2.51. The highest BCUT2D eigenvalue weighted by atomic mass is 16.9. The lowest BCUT2D eigenvalue weighted by molar-refractivity contribution is -0.421. The van der Waals surface area contributed by atoms with E-state index in [1.165, 1.54) is 19.3 Å². The van der Waals surface area contributed by atoms with Crippen LogP contribution in [0.5, 0.6) is 0 Å². The Morgan fingerprint density at radius 2 is 1.53 bits per heavy atom. The minimum Gasteiger partial charge on any atom is -0.327 e. The summed E-state index contributed by atoms with van der Waals surface area (Å²) in [6.45, 7) is 11.0. The molecule has 0 amide bonds. The monoisotopic (exact) mass is 272 g/mol. The Hall–Kier alpha value is -0.120. The van der Waals surface area contributed by atoms with Crippen molar-refractivity contribution < 1.29 is 14.2 Å². The van der Waals surface area contributed by atoms with Gasteiger partial charge in [0.2, 0.25) is 0 Å². The fraction of sp³-hybridized carbons (Fsp3) is 1.00. The van der Waals surface area contributed by atoms with Crippen molar-refractivity contribution in [3.05, 3.63) is 0 Å². The second-order valence-corrected chi connectivity index (χ2v) is 5.77. The molecule has 3 heteroatoms. The first-order valence-electron chi connectivity index (χ1n) is 8.07. The Kier molecular flexibility index (Phi) is 7.33. The van der Waals surface area contributed by atoms with E-state index in [0.717, 1.165) is 45.5 Å². The number of hydrogen-bond donors (Lipinski definition) is 0. The molecule has 0 aromatic carbocycles. The van der Waals surface area contributed by atoms with Crippen molar-refractivity contribution in [2.75, 3.05) is 19.8 Å². The van der Waals surface area contributed by atoms with Gasteiger partial charge in [0, 0.05) is 11.8 Å². The van der Waals surface area contributed by atoms with Crippen LogP contribution in [0.1, 0.15) is 72.6 Å². The molecule has 0 spiro atoms. The van der Waals surface area contributed by atoms with E-state index in [4.69, 9.17) is 14.2 Å². The highest BCUT2D eigenvalue weighted by Crippen LogP contribution is 2.38. The summed E-state index contributed by atoms with van der Waals surface area (Å²) in [4.78, 5) is 0. The lowest BCUT2D eigenvalue weighted by Gasteiger charge is -2.45. The van der Waals surface area contributed by atoms with E-state index >= 15 is 0 Å². The van der Waals surface area contributed by atoms with Crippen molar-refractivity contribution in [3.8, 4) is 0 Å². The van der Waals surface area contributed by atoms with E-state index in [1.54, 1.807) is 0 Å². The molecule has 0 atom stereocenters. The molecule has 1 fully saturated rings. The maximum absolute atomic E-state index is 6.02. The summed E-state index contributed by atoms with van der Waals surface area (Å²) < 4.78 is 17.9. The normalized spacial score (nSPS) is 31.6. The first-order valence-corrected chi connectivity index (χ1v) is 8.07. The Morgan fingerprint density at radius 3 is 2.00 bits per heavy atom. The quantitative estimate of drug-likeness (QED) is 0.578. The topological polar surface area (TPSA) is 27.7 Å². The van der Waals surface area contributed by atoms with Crippen LogP contribution in [0, 0.1) is 5.41 Å². The Bertz CT molecular complexity index is 232. The average molecular weight is 272 g/mol. The molecule has 1 saturated heterocycles. The molecule has 0 saturated carbocycles. The van der Waals surface area contributed by atoms with Crippen LogP contribution in [0.15, 0.2) is 0 Å². The van der Waals surface area contributed by atoms with Crippen LogP contribution >= 0.6 is 0 Å². The lowest BCUT2D eigenvalue weighted by atomic mass is 9.81. The van der Waals surface area contributed by atoms with E-state index in [9.17, 15) is 0 Å². The minimum absolute atomic E-state index is 0.197. The van der Waals surface area contributed by atoms with Crippen molar-refractivity contribution in [2.45, 2.75) is 78.6 Å². The Labute approximate surface area is 119 Å². The molecule has 0 bridgehead atoms. The zero-order valence-corrected chi connectivity index (χ0v) is 13.3. The SMILES string of the molecule is CCCCOC1(CC)OCC(CC)(CCCC)CO1. The predicted molar refractivity (Wildman–Crippen MR) is 78.0 cm³/mol. The molecule has 3 nitrogen and oxygen atoms in total. The number of ether oxygens (including phenoxy) is 3. The highest BCUT2D eigenvalue weighted by Gasteiger charge is 2.43. The first kappa shape index (κ1) is 16.9. The molecule has 0 unspecified atom stereocenters. The summed E-state index contributed by atoms with van der Waals surface area (Å²) in [6.07, 6.45) is 7.73. The van der Waals surface area contributed by atoms with E-state index < -0.39 is 5.97 Å². The number of hydrogen-bond acceptors (Lipinski definition) is 3. The summed E-state index contributed by atoms with van der Waals surface area (Å²) in [5.74, 6) is -0.778. The summed E-state index contributed by atoms with van der Waals surface area (Å²) in [5.41, 5.74) is 0.197. The number of rotatable bonds is 9. The van der Waals surface area contributed by atoms with Gasteiger partial charge in [0.05, 0.1) is 19.8 Å². The second kappa shape index (κ2) is 8.23. The third-order valence-electron chi connectivity index (χ3n) is 4.26. The molecular weight excluding hydrogens is 240 g/mol. The van der Waals surface area contributed by atoms with Gasteiger partial charge in [0.25, 0.3) is 5.97 Å². The van der Waals surface area contributed by atoms with Crippen molar-refractivity contribution >= 4 is 0 Å². The summed E-state index contributed by atoms with van der Waals surface area (Å²) in [5, 5.41) is 0. The molecule has 0 aromatic heterocycles. The van der Waals surface area contributed by atoms with Gasteiger partial charge < -0.3 is 14.2 Å². The van der Waals surface area contributed by atoms with Gasteiger partial charge in [0.1, 0.15) is 0 Å². The molecule has 0 radical (unpaired) electrons. The van der Waals surface area contributed by atoms with Crippen LogP contribution in [0.3, 0.4) is 0 Å². The lowest BCUT2D eigenvalue weighted by Crippen LogP contribution is -2.51. The summed E-state index contributed by atoms with van der Waals surface area (Å²) >= 11 is 0. The van der Waals surface area contributed by atoms with Crippen LogP contribution in [0.25, 0.3) is 0 Å². The second-order valence-electron chi connectivity index (χ2n) is 5.77. The van der Waals surface area contributed by atoms with Crippen molar-refractivity contribution in [1.82, 2.24) is 0 Å². The third kappa shape index (κ3) is 4.73. The Morgan fingerprint density at radius 1 is 0.895 bits per heavy atom. The van der Waals surface area contributed by atoms with Gasteiger partial charge in [-0.05, 0) is 19.3 Å². The standard InChI is InChI=1S/C16H32O3/c1-5-9-11-15(7-3)13-18-16(8-4,19-14-15)17-12-10-6-2/h5-14H2,1-4H3. The van der Waals surface area contributed by atoms with Gasteiger partial charge in [0.15, 0.2) is 0 Å². The highest BCUT2D eigenvalue weighted by molar-refractivity contribution is 4.82. The predicted octanol–water partition coefficient (Wildman–Crippen LogP) is 4.50. The fourth-order valence-corrected chi connectivity index (χ4v) is 2.45. The van der Waals surface area contributed by atoms with E-state index in [1.807, 2.05) is 0 Å². The average Bonchev–Trinajstić information content (AvgIpc) is 2.47. The van der Waals surface area contributed by atoms with Gasteiger partial charge in [-0.2, -0.15) is 0 Å². The van der Waals surface area contributed by atoms with Crippen LogP contribution in [0.4, 0.5) is 0 Å². The van der Waals surface area contributed by atoms with Crippen LogP contribution in [0.2, 0.25) is 0 Å². The fourth-order valence-electron chi connectivity index (χ4n) is 2.45. The van der Waals surface area contributed by atoms with Gasteiger partial charge in [-0.25, -0.2) is 0 Å². The zero-order chi connectivity index (χ0) is 14.2. The maximum atomic E-state index is 6.02. The largest absolute Gasteiger partial charge is 0.327 e. The maximum Gasteiger partial charge on any atom is 0.282 e. The van der Waals surface area contributed by atoms with Crippen molar-refractivity contribution in [3.63, 3.8) is 0 Å². The van der Waals surface area contributed by atoms with E-state index in [-0.39, 0.29) is 5.41 Å². The molecule has 1 heterocycles. The van der Waals surface area contributed by atoms with Crippen molar-refractivity contribution in [2.24, 2.45) is 5.41 Å². The smallest absolute Gasteiger partial charge is 0.282 e. The molecule has 0 aliphatic carbocycles. The molecular formula is C16H32O3. The molecule has 0 N–H and O–H groups in total. The molecule has 114 valence electrons. The van der Waals surface area contributed by atoms with Gasteiger partial charge in [-0.15, -0.1) is 0 Å². The molecule has 19 heavy (non-hydrogen) atoms. The number of unbranched alkanes of at least 4 members (excludes halogenated alkanes) is 2. The van der Waals surface area contributed by atoms with E-state index in [0.29, 0.717) is 0 Å². The molecule has 1 rings (SSSR count). The van der Waals surface area contributed by atoms with E-state index in [2.05, 4.69) is 27.7 Å². The summed E-state index contributed by atoms with van der Waals surface area (Å²) in [7, 11) is 0. The van der Waals surface area contributed by atoms with Crippen LogP contribution < -0.4 is 0 Å². The minimum atomic E-state index is -0.778. The first-order chi connectivity index (χ1) is 9.16. The molecule has 1 aliphatic heterocycles. The van der Waals surface area contributed by atoms with Crippen LogP contribution in [-0.4, -0.2) is 25.8 Å². The zero-order valence-electron chi connectivity index (χ0n) is 13.3. The third-order valence-corrected chi connectivity index (χ3v) is 4.26.